The number of carboxylic acids is 2. The summed E-state index contributed by atoms with van der Waals surface area (Å²) in [6.07, 6.45) is 0.731. The van der Waals surface area contributed by atoms with E-state index in [4.69, 9.17) is 10.2 Å². The third-order valence-electron chi connectivity index (χ3n) is 3.39. The molecule has 0 bridgehead atoms. The maximum absolute atomic E-state index is 12.6. The standard InChI is InChI=1S/2C6H9FO2/c2*1-6(7)2-4(3-6)5(8)9/h2*4H,2-3H2,1H3,(H,8,9). The Hall–Kier alpha value is -1.20. The highest BCUT2D eigenvalue weighted by Crippen LogP contribution is 2.41. The minimum absolute atomic E-state index is 0.183. The lowest BCUT2D eigenvalue weighted by molar-refractivity contribution is -0.151. The maximum Gasteiger partial charge on any atom is 0.306 e. The minimum atomic E-state index is -1.21. The van der Waals surface area contributed by atoms with E-state index >= 15 is 0 Å². The predicted octanol–water partition coefficient (Wildman–Crippen LogP) is 2.42. The number of alkyl halides is 2. The van der Waals surface area contributed by atoms with Crippen LogP contribution in [0.2, 0.25) is 0 Å². The first-order valence-corrected chi connectivity index (χ1v) is 5.86. The van der Waals surface area contributed by atoms with Gasteiger partial charge in [0.05, 0.1) is 11.8 Å². The van der Waals surface area contributed by atoms with Crippen molar-refractivity contribution < 1.29 is 28.6 Å². The van der Waals surface area contributed by atoms with Crippen LogP contribution in [0.5, 0.6) is 0 Å². The zero-order valence-electron chi connectivity index (χ0n) is 10.4. The lowest BCUT2D eigenvalue weighted by Crippen LogP contribution is -2.40. The Kier molecular flexibility index (Phi) is 3.98. The number of hydrogen-bond donors (Lipinski definition) is 2. The molecule has 18 heavy (non-hydrogen) atoms. The monoisotopic (exact) mass is 264 g/mol. The van der Waals surface area contributed by atoms with Crippen molar-refractivity contribution in [2.45, 2.75) is 50.9 Å². The molecule has 0 amide bonds. The van der Waals surface area contributed by atoms with Crippen LogP contribution < -0.4 is 0 Å². The van der Waals surface area contributed by atoms with Gasteiger partial charge < -0.3 is 10.2 Å². The molecule has 0 unspecified atom stereocenters. The highest BCUT2D eigenvalue weighted by molar-refractivity contribution is 5.71. The van der Waals surface area contributed by atoms with Crippen molar-refractivity contribution in [2.24, 2.45) is 11.8 Å². The Balaban J connectivity index is 0.000000180. The molecule has 4 nitrogen and oxygen atoms in total. The minimum Gasteiger partial charge on any atom is -0.481 e. The molecule has 104 valence electrons. The maximum atomic E-state index is 12.6. The van der Waals surface area contributed by atoms with Crippen LogP contribution in [-0.2, 0) is 9.59 Å². The van der Waals surface area contributed by atoms with Crippen LogP contribution in [0.15, 0.2) is 0 Å². The van der Waals surface area contributed by atoms with Gasteiger partial charge in [-0.1, -0.05) is 0 Å². The van der Waals surface area contributed by atoms with E-state index in [0.717, 1.165) is 0 Å². The third kappa shape index (κ3) is 3.92. The number of carboxylic acid groups (broad SMARTS) is 2. The number of rotatable bonds is 2. The van der Waals surface area contributed by atoms with Gasteiger partial charge in [0.25, 0.3) is 0 Å². The summed E-state index contributed by atoms with van der Waals surface area (Å²) in [5, 5.41) is 16.6. The van der Waals surface area contributed by atoms with Crippen molar-refractivity contribution in [3.8, 4) is 0 Å². The summed E-state index contributed by atoms with van der Waals surface area (Å²) in [6.45, 7) is 2.87. The molecule has 0 aromatic rings. The molecule has 2 N–H and O–H groups in total. The smallest absolute Gasteiger partial charge is 0.306 e. The van der Waals surface area contributed by atoms with Gasteiger partial charge in [0, 0.05) is 0 Å². The number of aliphatic carboxylic acids is 2. The average Bonchev–Trinajstić information content (AvgIpc) is 2.10. The molecular weight excluding hydrogens is 246 g/mol. The lowest BCUT2D eigenvalue weighted by Gasteiger charge is -2.35. The molecule has 0 aromatic heterocycles. The van der Waals surface area contributed by atoms with E-state index in [2.05, 4.69) is 0 Å². The molecule has 0 radical (unpaired) electrons. The quantitative estimate of drug-likeness (QED) is 0.803. The Bertz CT molecular complexity index is 302. The molecule has 0 aromatic carbocycles. The van der Waals surface area contributed by atoms with Gasteiger partial charge in [0.15, 0.2) is 0 Å². The van der Waals surface area contributed by atoms with Crippen molar-refractivity contribution in [1.29, 1.82) is 0 Å². The van der Waals surface area contributed by atoms with Crippen molar-refractivity contribution in [3.05, 3.63) is 0 Å². The SMILES string of the molecule is CC1(F)CC(C(=O)O)C1.CC1(F)CC(C(=O)O)C1. The van der Waals surface area contributed by atoms with Gasteiger partial charge in [0.1, 0.15) is 11.3 Å². The highest BCUT2D eigenvalue weighted by Gasteiger charge is 2.44. The van der Waals surface area contributed by atoms with E-state index < -0.39 is 35.1 Å². The van der Waals surface area contributed by atoms with Gasteiger partial charge in [-0.05, 0) is 39.5 Å². The molecule has 2 aliphatic rings. The van der Waals surface area contributed by atoms with E-state index in [1.807, 2.05) is 0 Å². The zero-order chi connectivity index (χ0) is 14.1. The van der Waals surface area contributed by atoms with Crippen LogP contribution in [0.25, 0.3) is 0 Å². The fourth-order valence-electron chi connectivity index (χ4n) is 2.28. The van der Waals surface area contributed by atoms with Crippen molar-refractivity contribution in [1.82, 2.24) is 0 Å². The molecular formula is C12H18F2O4. The van der Waals surface area contributed by atoms with Gasteiger partial charge in [-0.15, -0.1) is 0 Å². The molecule has 0 saturated heterocycles. The molecule has 2 saturated carbocycles. The fraction of sp³-hybridized carbons (Fsp3) is 0.833. The van der Waals surface area contributed by atoms with E-state index in [-0.39, 0.29) is 25.7 Å². The molecule has 2 rings (SSSR count). The largest absolute Gasteiger partial charge is 0.481 e. The van der Waals surface area contributed by atoms with Gasteiger partial charge in [-0.2, -0.15) is 0 Å². The summed E-state index contributed by atoms with van der Waals surface area (Å²) in [4.78, 5) is 20.2. The van der Waals surface area contributed by atoms with Crippen LogP contribution in [0.1, 0.15) is 39.5 Å². The Labute approximate surface area is 104 Å². The second-order valence-electron chi connectivity index (χ2n) is 5.71. The summed E-state index contributed by atoms with van der Waals surface area (Å²) >= 11 is 0. The normalized spacial score (nSPS) is 41.8. The fourth-order valence-corrected chi connectivity index (χ4v) is 2.28. The average molecular weight is 264 g/mol. The summed E-state index contributed by atoms with van der Waals surface area (Å²) < 4.78 is 25.1. The number of carbonyl (C=O) groups is 2. The Morgan fingerprint density at radius 2 is 1.11 bits per heavy atom. The zero-order valence-corrected chi connectivity index (χ0v) is 10.4. The van der Waals surface area contributed by atoms with Crippen LogP contribution in [0.3, 0.4) is 0 Å². The van der Waals surface area contributed by atoms with Gasteiger partial charge in [-0.3, -0.25) is 9.59 Å². The Morgan fingerprint density at radius 3 is 1.17 bits per heavy atom. The van der Waals surface area contributed by atoms with Crippen LogP contribution >= 0.6 is 0 Å². The summed E-state index contributed by atoms with van der Waals surface area (Å²) in [5.74, 6) is -2.60. The first-order valence-electron chi connectivity index (χ1n) is 5.86. The molecule has 2 aliphatic carbocycles. The summed E-state index contributed by atoms with van der Waals surface area (Å²) in [7, 11) is 0. The molecule has 0 aliphatic heterocycles. The molecule has 2 fully saturated rings. The van der Waals surface area contributed by atoms with Gasteiger partial charge in [0.2, 0.25) is 0 Å². The first kappa shape index (κ1) is 14.9. The topological polar surface area (TPSA) is 74.6 Å². The van der Waals surface area contributed by atoms with Crippen LogP contribution in [-0.4, -0.2) is 33.5 Å². The molecule has 0 atom stereocenters. The first-order chi connectivity index (χ1) is 8.02. The molecule has 0 spiro atoms. The van der Waals surface area contributed by atoms with Crippen molar-refractivity contribution in [3.63, 3.8) is 0 Å². The molecule has 0 heterocycles. The second-order valence-corrected chi connectivity index (χ2v) is 5.71. The van der Waals surface area contributed by atoms with Gasteiger partial charge in [-0.25, -0.2) is 8.78 Å². The number of hydrogen-bond acceptors (Lipinski definition) is 2. The van der Waals surface area contributed by atoms with E-state index in [1.54, 1.807) is 0 Å². The highest BCUT2D eigenvalue weighted by atomic mass is 19.1. The lowest BCUT2D eigenvalue weighted by atomic mass is 9.74. The summed E-state index contributed by atoms with van der Waals surface area (Å²) in [5.41, 5.74) is -2.41. The number of halogens is 2. The van der Waals surface area contributed by atoms with E-state index in [9.17, 15) is 18.4 Å². The van der Waals surface area contributed by atoms with Crippen LogP contribution in [0.4, 0.5) is 8.78 Å². The third-order valence-corrected chi connectivity index (χ3v) is 3.39. The van der Waals surface area contributed by atoms with E-state index in [1.165, 1.54) is 13.8 Å². The molecule has 6 heteroatoms. The van der Waals surface area contributed by atoms with Crippen LogP contribution in [0, 0.1) is 11.8 Å². The predicted molar refractivity (Wildman–Crippen MR) is 59.7 cm³/mol. The Morgan fingerprint density at radius 1 is 0.889 bits per heavy atom. The second kappa shape index (κ2) is 4.82. The van der Waals surface area contributed by atoms with Crippen molar-refractivity contribution >= 4 is 11.9 Å². The van der Waals surface area contributed by atoms with Crippen molar-refractivity contribution in [2.75, 3.05) is 0 Å². The van der Waals surface area contributed by atoms with Gasteiger partial charge >= 0.3 is 11.9 Å². The summed E-state index contributed by atoms with van der Waals surface area (Å²) in [6, 6.07) is 0. The van der Waals surface area contributed by atoms with E-state index in [0.29, 0.717) is 0 Å².